The molecule has 2 fully saturated rings. The molecule has 6 heteroatoms. The molecule has 132 valence electrons. The predicted molar refractivity (Wildman–Crippen MR) is 94.5 cm³/mol. The highest BCUT2D eigenvalue weighted by molar-refractivity contribution is 6.35. The summed E-state index contributed by atoms with van der Waals surface area (Å²) in [5.41, 5.74) is 2.15. The van der Waals surface area contributed by atoms with E-state index in [-0.39, 0.29) is 11.9 Å². The molecule has 3 amide bonds. The van der Waals surface area contributed by atoms with E-state index in [0.717, 1.165) is 18.4 Å². The molecule has 1 saturated heterocycles. The number of carbonyl (C=O) groups is 3. The molecule has 1 N–H and O–H groups in total. The first-order valence-corrected chi connectivity index (χ1v) is 8.66. The van der Waals surface area contributed by atoms with Crippen LogP contribution in [-0.2, 0) is 14.4 Å². The third-order valence-corrected chi connectivity index (χ3v) is 4.48. The van der Waals surface area contributed by atoms with Crippen LogP contribution in [0.4, 0.5) is 0 Å². The van der Waals surface area contributed by atoms with Gasteiger partial charge in [-0.1, -0.05) is 29.8 Å². The number of nitrogens with zero attached hydrogens (tertiary/aromatic N) is 2. The van der Waals surface area contributed by atoms with Gasteiger partial charge < -0.3 is 15.1 Å². The lowest BCUT2D eigenvalue weighted by molar-refractivity contribution is -0.148. The van der Waals surface area contributed by atoms with Gasteiger partial charge in [0.05, 0.1) is 0 Å². The normalized spacial score (nSPS) is 17.6. The maximum atomic E-state index is 12.3. The number of carbonyl (C=O) groups excluding carboxylic acids is 3. The average molecular weight is 341 g/mol. The van der Waals surface area contributed by atoms with Crippen LogP contribution in [0.15, 0.2) is 30.3 Å². The van der Waals surface area contributed by atoms with Gasteiger partial charge in [0.25, 0.3) is 0 Å². The monoisotopic (exact) mass is 341 g/mol. The van der Waals surface area contributed by atoms with Gasteiger partial charge in [-0.25, -0.2) is 0 Å². The van der Waals surface area contributed by atoms with Gasteiger partial charge in [0, 0.05) is 38.3 Å². The van der Waals surface area contributed by atoms with Crippen molar-refractivity contribution in [2.24, 2.45) is 0 Å². The molecule has 0 spiro atoms. The van der Waals surface area contributed by atoms with Crippen molar-refractivity contribution in [3.63, 3.8) is 0 Å². The van der Waals surface area contributed by atoms with Crippen molar-refractivity contribution in [2.45, 2.75) is 25.8 Å². The number of nitrogens with one attached hydrogen (secondary N) is 1. The Labute approximate surface area is 147 Å². The van der Waals surface area contributed by atoms with Gasteiger partial charge in [-0.3, -0.25) is 14.4 Å². The fraction of sp³-hybridized carbons (Fsp3) is 0.421. The molecule has 6 nitrogen and oxygen atoms in total. The van der Waals surface area contributed by atoms with Crippen molar-refractivity contribution in [3.8, 4) is 0 Å². The highest BCUT2D eigenvalue weighted by atomic mass is 16.2. The van der Waals surface area contributed by atoms with Gasteiger partial charge >= 0.3 is 11.8 Å². The summed E-state index contributed by atoms with van der Waals surface area (Å²) in [6.07, 6.45) is 5.26. The molecule has 0 atom stereocenters. The van der Waals surface area contributed by atoms with Crippen LogP contribution in [0.25, 0.3) is 6.08 Å². The molecule has 1 aliphatic heterocycles. The van der Waals surface area contributed by atoms with E-state index in [0.29, 0.717) is 26.2 Å². The molecule has 3 rings (SSSR count). The first kappa shape index (κ1) is 17.2. The van der Waals surface area contributed by atoms with Crippen LogP contribution >= 0.6 is 0 Å². The minimum absolute atomic E-state index is 0.0740. The quantitative estimate of drug-likeness (QED) is 0.658. The van der Waals surface area contributed by atoms with E-state index in [4.69, 9.17) is 0 Å². The molecule has 0 unspecified atom stereocenters. The summed E-state index contributed by atoms with van der Waals surface area (Å²) in [7, 11) is 0. The summed E-state index contributed by atoms with van der Waals surface area (Å²) in [5.74, 6) is -1.09. The van der Waals surface area contributed by atoms with E-state index in [1.165, 1.54) is 10.5 Å². The Morgan fingerprint density at radius 1 is 1.00 bits per heavy atom. The zero-order valence-electron chi connectivity index (χ0n) is 14.4. The Kier molecular flexibility index (Phi) is 5.16. The first-order chi connectivity index (χ1) is 12.0. The predicted octanol–water partition coefficient (Wildman–Crippen LogP) is 0.958. The van der Waals surface area contributed by atoms with E-state index < -0.39 is 11.8 Å². The van der Waals surface area contributed by atoms with Crippen LogP contribution in [-0.4, -0.2) is 59.7 Å². The molecule has 0 bridgehead atoms. The Morgan fingerprint density at radius 2 is 1.60 bits per heavy atom. The molecule has 0 radical (unpaired) electrons. The van der Waals surface area contributed by atoms with Crippen LogP contribution < -0.4 is 5.32 Å². The molecular formula is C19H23N3O3. The Morgan fingerprint density at radius 3 is 2.20 bits per heavy atom. The second kappa shape index (κ2) is 7.51. The summed E-state index contributed by atoms with van der Waals surface area (Å²) >= 11 is 0. The number of hydrogen-bond donors (Lipinski definition) is 1. The van der Waals surface area contributed by atoms with Crippen LogP contribution in [0.2, 0.25) is 0 Å². The minimum atomic E-state index is -0.526. The second-order valence-electron chi connectivity index (χ2n) is 6.61. The summed E-state index contributed by atoms with van der Waals surface area (Å²) in [6.45, 7) is 3.69. The van der Waals surface area contributed by atoms with Gasteiger partial charge in [0.2, 0.25) is 5.91 Å². The van der Waals surface area contributed by atoms with Crippen molar-refractivity contribution >= 4 is 23.8 Å². The van der Waals surface area contributed by atoms with Crippen LogP contribution in [0.3, 0.4) is 0 Å². The molecule has 1 aliphatic carbocycles. The lowest BCUT2D eigenvalue weighted by Gasteiger charge is -2.33. The summed E-state index contributed by atoms with van der Waals surface area (Å²) in [5, 5.41) is 2.71. The molecule has 1 heterocycles. The van der Waals surface area contributed by atoms with Crippen LogP contribution in [0, 0.1) is 6.92 Å². The second-order valence-corrected chi connectivity index (χ2v) is 6.61. The van der Waals surface area contributed by atoms with Gasteiger partial charge in [0.1, 0.15) is 0 Å². The number of aryl methyl sites for hydroxylation is 1. The zero-order valence-corrected chi connectivity index (χ0v) is 14.4. The molecule has 25 heavy (non-hydrogen) atoms. The minimum Gasteiger partial charge on any atom is -0.345 e. The standard InChI is InChI=1S/C19H23N3O3/c1-14-2-4-15(5-3-14)6-9-17(23)21-10-12-22(13-11-21)19(25)18(24)20-16-7-8-16/h2-6,9,16H,7-8,10-13H2,1H3,(H,20,24)/b9-6+. The molecule has 1 aromatic rings. The maximum Gasteiger partial charge on any atom is 0.312 e. The summed E-state index contributed by atoms with van der Waals surface area (Å²) in [4.78, 5) is 39.3. The highest BCUT2D eigenvalue weighted by Gasteiger charge is 2.31. The fourth-order valence-electron chi connectivity index (χ4n) is 2.70. The van der Waals surface area contributed by atoms with Gasteiger partial charge in [-0.05, 0) is 31.4 Å². The smallest absolute Gasteiger partial charge is 0.312 e. The largest absolute Gasteiger partial charge is 0.345 e. The van der Waals surface area contributed by atoms with Gasteiger partial charge in [0.15, 0.2) is 0 Å². The third-order valence-electron chi connectivity index (χ3n) is 4.48. The van der Waals surface area contributed by atoms with E-state index >= 15 is 0 Å². The van der Waals surface area contributed by atoms with Crippen molar-refractivity contribution < 1.29 is 14.4 Å². The molecule has 0 aromatic heterocycles. The maximum absolute atomic E-state index is 12.3. The topological polar surface area (TPSA) is 69.7 Å². The van der Waals surface area contributed by atoms with Crippen LogP contribution in [0.1, 0.15) is 24.0 Å². The van der Waals surface area contributed by atoms with Crippen molar-refractivity contribution in [3.05, 3.63) is 41.5 Å². The number of hydrogen-bond acceptors (Lipinski definition) is 3. The number of piperazine rings is 1. The average Bonchev–Trinajstić information content (AvgIpc) is 3.44. The third kappa shape index (κ3) is 4.68. The van der Waals surface area contributed by atoms with Gasteiger partial charge in [-0.15, -0.1) is 0 Å². The van der Waals surface area contributed by atoms with E-state index in [2.05, 4.69) is 5.32 Å². The molecule has 1 saturated carbocycles. The lowest BCUT2D eigenvalue weighted by Crippen LogP contribution is -2.53. The van der Waals surface area contributed by atoms with Gasteiger partial charge in [-0.2, -0.15) is 0 Å². The van der Waals surface area contributed by atoms with Crippen molar-refractivity contribution in [2.75, 3.05) is 26.2 Å². The Hall–Kier alpha value is -2.63. The Balaban J connectivity index is 1.47. The number of benzene rings is 1. The zero-order chi connectivity index (χ0) is 17.8. The van der Waals surface area contributed by atoms with E-state index in [1.807, 2.05) is 31.2 Å². The number of rotatable bonds is 3. The van der Waals surface area contributed by atoms with Crippen molar-refractivity contribution in [1.29, 1.82) is 0 Å². The highest BCUT2D eigenvalue weighted by Crippen LogP contribution is 2.18. The molecule has 2 aliphatic rings. The molecule has 1 aromatic carbocycles. The van der Waals surface area contributed by atoms with Crippen molar-refractivity contribution in [1.82, 2.24) is 15.1 Å². The summed E-state index contributed by atoms with van der Waals surface area (Å²) < 4.78 is 0. The van der Waals surface area contributed by atoms with E-state index in [1.54, 1.807) is 17.1 Å². The van der Waals surface area contributed by atoms with Crippen LogP contribution in [0.5, 0.6) is 0 Å². The Bertz CT molecular complexity index is 684. The molecular weight excluding hydrogens is 318 g/mol. The van der Waals surface area contributed by atoms with E-state index in [9.17, 15) is 14.4 Å². The SMILES string of the molecule is Cc1ccc(/C=C/C(=O)N2CCN(C(=O)C(=O)NC3CC3)CC2)cc1. The summed E-state index contributed by atoms with van der Waals surface area (Å²) in [6, 6.07) is 8.11. The lowest BCUT2D eigenvalue weighted by atomic mass is 10.1. The number of amides is 3. The first-order valence-electron chi connectivity index (χ1n) is 8.66. The fourth-order valence-corrected chi connectivity index (χ4v) is 2.70.